The van der Waals surface area contributed by atoms with Gasteiger partial charge in [-0.25, -0.2) is 4.98 Å². The average Bonchev–Trinajstić information content (AvgIpc) is 2.34. The Labute approximate surface area is 113 Å². The van der Waals surface area contributed by atoms with Crippen LogP contribution in [0.5, 0.6) is 0 Å². The predicted molar refractivity (Wildman–Crippen MR) is 74.1 cm³/mol. The SMILES string of the molecule is CCc1cc(C(=O)NCC(C)N(C)C)cc(Cl)n1. The summed E-state index contributed by atoms with van der Waals surface area (Å²) in [6.07, 6.45) is 0.759. The molecule has 0 radical (unpaired) electrons. The van der Waals surface area contributed by atoms with E-state index in [1.807, 2.05) is 21.0 Å². The first-order chi connectivity index (χ1) is 8.43. The fourth-order valence-electron chi connectivity index (χ4n) is 1.39. The van der Waals surface area contributed by atoms with Crippen LogP contribution in [0.25, 0.3) is 0 Å². The van der Waals surface area contributed by atoms with Gasteiger partial charge < -0.3 is 10.2 Å². The third-order valence-corrected chi connectivity index (χ3v) is 3.10. The molecule has 0 aliphatic heterocycles. The van der Waals surface area contributed by atoms with Crippen molar-refractivity contribution in [2.45, 2.75) is 26.3 Å². The van der Waals surface area contributed by atoms with E-state index in [1.54, 1.807) is 12.1 Å². The molecule has 0 saturated heterocycles. The molecule has 100 valence electrons. The van der Waals surface area contributed by atoms with E-state index in [0.717, 1.165) is 12.1 Å². The van der Waals surface area contributed by atoms with E-state index >= 15 is 0 Å². The van der Waals surface area contributed by atoms with Crippen LogP contribution in [0.15, 0.2) is 12.1 Å². The van der Waals surface area contributed by atoms with Gasteiger partial charge in [0.05, 0.1) is 0 Å². The normalized spacial score (nSPS) is 12.6. The van der Waals surface area contributed by atoms with E-state index < -0.39 is 0 Å². The van der Waals surface area contributed by atoms with E-state index in [2.05, 4.69) is 22.1 Å². The molecule has 1 N–H and O–H groups in total. The van der Waals surface area contributed by atoms with Crippen molar-refractivity contribution in [1.82, 2.24) is 15.2 Å². The first-order valence-corrected chi connectivity index (χ1v) is 6.43. The highest BCUT2D eigenvalue weighted by molar-refractivity contribution is 6.29. The lowest BCUT2D eigenvalue weighted by molar-refractivity contribution is 0.0943. The highest BCUT2D eigenvalue weighted by Gasteiger charge is 2.11. The van der Waals surface area contributed by atoms with E-state index in [0.29, 0.717) is 17.3 Å². The van der Waals surface area contributed by atoms with Crippen LogP contribution in [0.1, 0.15) is 29.9 Å². The van der Waals surface area contributed by atoms with Gasteiger partial charge in [-0.3, -0.25) is 4.79 Å². The molecule has 1 aromatic heterocycles. The fraction of sp³-hybridized carbons (Fsp3) is 0.538. The van der Waals surface area contributed by atoms with E-state index in [9.17, 15) is 4.79 Å². The molecule has 0 saturated carbocycles. The molecule has 0 aliphatic carbocycles. The molecule has 1 heterocycles. The summed E-state index contributed by atoms with van der Waals surface area (Å²) in [5, 5.41) is 3.25. The molecule has 1 amide bonds. The molecule has 18 heavy (non-hydrogen) atoms. The largest absolute Gasteiger partial charge is 0.350 e. The van der Waals surface area contributed by atoms with Gasteiger partial charge in [-0.05, 0) is 39.6 Å². The Kier molecular flexibility index (Phi) is 5.56. The molecule has 0 fully saturated rings. The van der Waals surface area contributed by atoms with Gasteiger partial charge in [0.1, 0.15) is 5.15 Å². The van der Waals surface area contributed by atoms with Crippen molar-refractivity contribution in [2.75, 3.05) is 20.6 Å². The van der Waals surface area contributed by atoms with Crippen molar-refractivity contribution in [3.05, 3.63) is 28.5 Å². The van der Waals surface area contributed by atoms with Crippen molar-refractivity contribution in [3.63, 3.8) is 0 Å². The number of hydrogen-bond acceptors (Lipinski definition) is 3. The molecule has 0 aromatic carbocycles. The Morgan fingerprint density at radius 3 is 2.72 bits per heavy atom. The lowest BCUT2D eigenvalue weighted by atomic mass is 10.2. The number of nitrogens with one attached hydrogen (secondary N) is 1. The van der Waals surface area contributed by atoms with Crippen LogP contribution >= 0.6 is 11.6 Å². The summed E-state index contributed by atoms with van der Waals surface area (Å²) in [5.41, 5.74) is 1.39. The van der Waals surface area contributed by atoms with Gasteiger partial charge in [-0.15, -0.1) is 0 Å². The van der Waals surface area contributed by atoms with Crippen LogP contribution in [0.3, 0.4) is 0 Å². The fourth-order valence-corrected chi connectivity index (χ4v) is 1.61. The maximum Gasteiger partial charge on any atom is 0.251 e. The number of carbonyl (C=O) groups is 1. The molecule has 1 aromatic rings. The van der Waals surface area contributed by atoms with Crippen LogP contribution in [-0.4, -0.2) is 42.5 Å². The third kappa shape index (κ3) is 4.27. The molecule has 0 bridgehead atoms. The Bertz CT molecular complexity index is 421. The minimum absolute atomic E-state index is 0.109. The van der Waals surface area contributed by atoms with Gasteiger partial charge in [0.25, 0.3) is 5.91 Å². The zero-order chi connectivity index (χ0) is 13.7. The second-order valence-electron chi connectivity index (χ2n) is 4.55. The van der Waals surface area contributed by atoms with Crippen LogP contribution in [0.4, 0.5) is 0 Å². The minimum Gasteiger partial charge on any atom is -0.350 e. The zero-order valence-electron chi connectivity index (χ0n) is 11.3. The second kappa shape index (κ2) is 6.71. The smallest absolute Gasteiger partial charge is 0.251 e. The molecule has 5 heteroatoms. The van der Waals surface area contributed by atoms with Crippen molar-refractivity contribution >= 4 is 17.5 Å². The van der Waals surface area contributed by atoms with E-state index in [4.69, 9.17) is 11.6 Å². The van der Waals surface area contributed by atoms with Crippen molar-refractivity contribution in [1.29, 1.82) is 0 Å². The van der Waals surface area contributed by atoms with Gasteiger partial charge in [0.15, 0.2) is 0 Å². The Morgan fingerprint density at radius 2 is 2.17 bits per heavy atom. The monoisotopic (exact) mass is 269 g/mol. The number of carbonyl (C=O) groups excluding carboxylic acids is 1. The summed E-state index contributed by atoms with van der Waals surface area (Å²) in [6.45, 7) is 4.64. The molecule has 1 rings (SSSR count). The maximum absolute atomic E-state index is 12.0. The molecular weight excluding hydrogens is 250 g/mol. The van der Waals surface area contributed by atoms with Gasteiger partial charge in [-0.1, -0.05) is 18.5 Å². The molecule has 0 aliphatic rings. The molecule has 1 atom stereocenters. The van der Waals surface area contributed by atoms with Crippen molar-refractivity contribution < 1.29 is 4.79 Å². The first-order valence-electron chi connectivity index (χ1n) is 6.05. The second-order valence-corrected chi connectivity index (χ2v) is 4.93. The summed E-state index contributed by atoms with van der Waals surface area (Å²) in [5.74, 6) is -0.109. The lowest BCUT2D eigenvalue weighted by Gasteiger charge is -2.20. The number of amides is 1. The number of pyridine rings is 1. The van der Waals surface area contributed by atoms with Crippen LogP contribution < -0.4 is 5.32 Å². The average molecular weight is 270 g/mol. The molecular formula is C13H20ClN3O. The topological polar surface area (TPSA) is 45.2 Å². The highest BCUT2D eigenvalue weighted by atomic mass is 35.5. The minimum atomic E-state index is -0.109. The molecule has 4 nitrogen and oxygen atoms in total. The third-order valence-electron chi connectivity index (χ3n) is 2.91. The summed E-state index contributed by atoms with van der Waals surface area (Å²) in [4.78, 5) is 18.2. The Balaban J connectivity index is 2.69. The van der Waals surface area contributed by atoms with Gasteiger partial charge in [-0.2, -0.15) is 0 Å². The number of nitrogens with zero attached hydrogens (tertiary/aromatic N) is 2. The quantitative estimate of drug-likeness (QED) is 0.832. The number of aromatic nitrogens is 1. The molecule has 0 spiro atoms. The lowest BCUT2D eigenvalue weighted by Crippen LogP contribution is -2.38. The Morgan fingerprint density at radius 1 is 1.50 bits per heavy atom. The highest BCUT2D eigenvalue weighted by Crippen LogP contribution is 2.11. The van der Waals surface area contributed by atoms with Crippen LogP contribution in [0.2, 0.25) is 5.15 Å². The van der Waals surface area contributed by atoms with Gasteiger partial charge >= 0.3 is 0 Å². The Hall–Kier alpha value is -1.13. The van der Waals surface area contributed by atoms with E-state index in [-0.39, 0.29) is 11.9 Å². The summed E-state index contributed by atoms with van der Waals surface area (Å²) in [7, 11) is 3.96. The summed E-state index contributed by atoms with van der Waals surface area (Å²) in [6, 6.07) is 3.66. The van der Waals surface area contributed by atoms with Crippen LogP contribution in [0, 0.1) is 0 Å². The predicted octanol–water partition coefficient (Wildman–Crippen LogP) is 1.98. The number of halogens is 1. The standard InChI is InChI=1S/C13H20ClN3O/c1-5-11-6-10(7-12(14)16-11)13(18)15-8-9(2)17(3)4/h6-7,9H,5,8H2,1-4H3,(H,15,18). The van der Waals surface area contributed by atoms with Crippen LogP contribution in [-0.2, 0) is 6.42 Å². The first kappa shape index (κ1) is 14.9. The van der Waals surface area contributed by atoms with Crippen molar-refractivity contribution in [2.24, 2.45) is 0 Å². The van der Waals surface area contributed by atoms with Crippen molar-refractivity contribution in [3.8, 4) is 0 Å². The number of likely N-dealkylation sites (N-methyl/N-ethyl adjacent to an activating group) is 1. The van der Waals surface area contributed by atoms with E-state index in [1.165, 1.54) is 0 Å². The van der Waals surface area contributed by atoms with Gasteiger partial charge in [0.2, 0.25) is 0 Å². The maximum atomic E-state index is 12.0. The molecule has 1 unspecified atom stereocenters. The zero-order valence-corrected chi connectivity index (χ0v) is 12.1. The summed E-state index contributed by atoms with van der Waals surface area (Å²) < 4.78 is 0. The number of aryl methyl sites for hydroxylation is 1. The number of rotatable bonds is 5. The van der Waals surface area contributed by atoms with Gasteiger partial charge in [0, 0.05) is 23.8 Å². The summed E-state index contributed by atoms with van der Waals surface area (Å²) >= 11 is 5.89. The number of hydrogen-bond donors (Lipinski definition) is 1.